The molecule has 0 N–H and O–H groups in total. The Bertz CT molecular complexity index is 483. The van der Waals surface area contributed by atoms with E-state index >= 15 is 0 Å². The minimum atomic E-state index is 0.915. The van der Waals surface area contributed by atoms with Crippen molar-refractivity contribution in [2.24, 2.45) is 0 Å². The van der Waals surface area contributed by atoms with E-state index in [1.54, 1.807) is 12.4 Å². The second-order valence-electron chi connectivity index (χ2n) is 3.51. The standard InChI is InChI=1S/C10H8N2.C6H5.HI.Pt/c1-3-7-11-9(5-1)10-6-2-4-8-12-10;1-2-4-6-5-3-1;;/h1-8H;1-5H;1H;/q;-1;;+2/p-1. The fraction of sp³-hybridized carbons (Fsp3) is 0. The average molecular weight is 555 g/mol. The van der Waals surface area contributed by atoms with Gasteiger partial charge in [0.1, 0.15) is 0 Å². The summed E-state index contributed by atoms with van der Waals surface area (Å²) in [7, 11) is 0. The zero-order valence-corrected chi connectivity index (χ0v) is 15.0. The monoisotopic (exact) mass is 555 g/mol. The molecule has 0 radical (unpaired) electrons. The molecule has 4 heteroatoms. The van der Waals surface area contributed by atoms with Gasteiger partial charge < -0.3 is 0 Å². The first-order chi connectivity index (χ1) is 9.97. The fourth-order valence-electron chi connectivity index (χ4n) is 1.37. The molecule has 0 aliphatic heterocycles. The first kappa shape index (κ1) is 17.0. The molecule has 0 bridgehead atoms. The maximum absolute atomic E-state index is 4.19. The van der Waals surface area contributed by atoms with Crippen LogP contribution in [0.5, 0.6) is 0 Å². The van der Waals surface area contributed by atoms with Gasteiger partial charge in [-0.05, 0) is 24.3 Å². The summed E-state index contributed by atoms with van der Waals surface area (Å²) in [5, 5.41) is 0. The number of benzene rings is 1. The first-order valence-electron chi connectivity index (χ1n) is 5.82. The second kappa shape index (κ2) is 11.7. The summed E-state index contributed by atoms with van der Waals surface area (Å²) in [4.78, 5) is 8.37. The average Bonchev–Trinajstić information content (AvgIpc) is 2.60. The summed E-state index contributed by atoms with van der Waals surface area (Å²) in [6.45, 7) is 0. The van der Waals surface area contributed by atoms with Crippen LogP contribution in [-0.4, -0.2) is 9.97 Å². The van der Waals surface area contributed by atoms with Crippen molar-refractivity contribution in [3.05, 3.63) is 85.2 Å². The zero-order chi connectivity index (χ0) is 14.5. The summed E-state index contributed by atoms with van der Waals surface area (Å²) in [6, 6.07) is 24.1. The Morgan fingerprint density at radius 1 is 0.700 bits per heavy atom. The van der Waals surface area contributed by atoms with Crippen molar-refractivity contribution < 1.29 is 16.1 Å². The molecular weight excluding hydrogens is 542 g/mol. The van der Waals surface area contributed by atoms with Crippen molar-refractivity contribution >= 4 is 19.4 Å². The summed E-state index contributed by atoms with van der Waals surface area (Å²) >= 11 is 4.23. The molecule has 0 unspecified atom stereocenters. The van der Waals surface area contributed by atoms with Gasteiger partial charge >= 0.3 is 35.5 Å². The van der Waals surface area contributed by atoms with Gasteiger partial charge in [0.15, 0.2) is 0 Å². The Balaban J connectivity index is 0.000000211. The Morgan fingerprint density at radius 2 is 1.20 bits per heavy atom. The predicted molar refractivity (Wildman–Crippen MR) is 86.8 cm³/mol. The van der Waals surface area contributed by atoms with E-state index in [-0.39, 0.29) is 0 Å². The maximum Gasteiger partial charge on any atom is 0.0886 e. The van der Waals surface area contributed by atoms with E-state index in [2.05, 4.69) is 51.5 Å². The number of halogens is 1. The Morgan fingerprint density at radius 3 is 1.45 bits per heavy atom. The molecule has 0 saturated heterocycles. The van der Waals surface area contributed by atoms with Crippen LogP contribution in [-0.2, 0) is 16.1 Å². The van der Waals surface area contributed by atoms with Gasteiger partial charge in [-0.1, -0.05) is 12.1 Å². The first-order valence-corrected chi connectivity index (χ1v) is 12.3. The summed E-state index contributed by atoms with van der Waals surface area (Å²) in [5.74, 6) is 0. The van der Waals surface area contributed by atoms with Gasteiger partial charge in [-0.2, -0.15) is 36.4 Å². The molecule has 104 valence electrons. The molecule has 0 saturated carbocycles. The molecule has 3 rings (SSSR count). The molecule has 1 aromatic carbocycles. The van der Waals surface area contributed by atoms with Crippen LogP contribution < -0.4 is 0 Å². The molecule has 2 heterocycles. The fourth-order valence-corrected chi connectivity index (χ4v) is 1.37. The second-order valence-corrected chi connectivity index (χ2v) is 3.51. The number of pyridine rings is 2. The van der Waals surface area contributed by atoms with Gasteiger partial charge in [0.05, 0.1) is 11.4 Å². The summed E-state index contributed by atoms with van der Waals surface area (Å²) in [5.41, 5.74) is 1.83. The molecule has 0 aliphatic rings. The third-order valence-corrected chi connectivity index (χ3v) is 2.20. The number of nitrogens with zero attached hydrogens (tertiary/aromatic N) is 2. The molecule has 20 heavy (non-hydrogen) atoms. The zero-order valence-electron chi connectivity index (χ0n) is 10.6. The maximum atomic E-state index is 4.19. The van der Waals surface area contributed by atoms with E-state index in [1.807, 2.05) is 66.7 Å². The molecule has 3 aromatic rings. The van der Waals surface area contributed by atoms with E-state index in [0.29, 0.717) is 0 Å². The van der Waals surface area contributed by atoms with Crippen molar-refractivity contribution in [2.45, 2.75) is 0 Å². The van der Waals surface area contributed by atoms with Crippen molar-refractivity contribution in [1.82, 2.24) is 9.97 Å². The van der Waals surface area contributed by atoms with Crippen molar-refractivity contribution in [1.29, 1.82) is 0 Å². The van der Waals surface area contributed by atoms with Crippen LogP contribution in [0.2, 0.25) is 0 Å². The van der Waals surface area contributed by atoms with Crippen LogP contribution in [0.15, 0.2) is 79.1 Å². The van der Waals surface area contributed by atoms with E-state index < -0.39 is 0 Å². The normalized spacial score (nSPS) is 8.55. The summed E-state index contributed by atoms with van der Waals surface area (Å²) < 4.78 is 0. The van der Waals surface area contributed by atoms with Gasteiger partial charge in [-0.3, -0.25) is 9.97 Å². The Hall–Kier alpha value is -1.06. The SMILES string of the molecule is [I][Pt+].[c-]1ccccc1.c1ccc(-c2ccccn2)nc1. The number of aromatic nitrogens is 2. The van der Waals surface area contributed by atoms with Crippen LogP contribution in [0.25, 0.3) is 11.4 Å². The van der Waals surface area contributed by atoms with E-state index in [0.717, 1.165) is 11.4 Å². The van der Waals surface area contributed by atoms with Gasteiger partial charge in [-0.15, -0.1) is 0 Å². The minimum absolute atomic E-state index is 0.915. The number of hydrogen-bond donors (Lipinski definition) is 0. The minimum Gasteiger partial charge on any atom is -0.255 e. The van der Waals surface area contributed by atoms with Crippen LogP contribution in [0.1, 0.15) is 0 Å². The summed E-state index contributed by atoms with van der Waals surface area (Å²) in [6.07, 6.45) is 3.54. The van der Waals surface area contributed by atoms with Crippen molar-refractivity contribution in [3.63, 3.8) is 0 Å². The third kappa shape index (κ3) is 6.92. The topological polar surface area (TPSA) is 25.8 Å². The van der Waals surface area contributed by atoms with Crippen LogP contribution in [0.3, 0.4) is 0 Å². The van der Waals surface area contributed by atoms with Gasteiger partial charge in [0.2, 0.25) is 0 Å². The largest absolute Gasteiger partial charge is 0.255 e. The number of hydrogen-bond acceptors (Lipinski definition) is 2. The quantitative estimate of drug-likeness (QED) is 0.327. The molecule has 0 spiro atoms. The Kier molecular flexibility index (Phi) is 9.97. The predicted octanol–water partition coefficient (Wildman–Crippen LogP) is 4.51. The molecular formula is C16H13IN2Pt. The van der Waals surface area contributed by atoms with Crippen LogP contribution in [0, 0.1) is 6.07 Å². The van der Waals surface area contributed by atoms with Crippen LogP contribution in [0.4, 0.5) is 0 Å². The number of rotatable bonds is 1. The Labute approximate surface area is 141 Å². The van der Waals surface area contributed by atoms with Crippen molar-refractivity contribution in [3.8, 4) is 11.4 Å². The van der Waals surface area contributed by atoms with Gasteiger partial charge in [0.25, 0.3) is 0 Å². The molecule has 0 fully saturated rings. The molecule has 0 aliphatic carbocycles. The van der Waals surface area contributed by atoms with Gasteiger partial charge in [0, 0.05) is 12.4 Å². The van der Waals surface area contributed by atoms with E-state index in [4.69, 9.17) is 0 Å². The third-order valence-electron chi connectivity index (χ3n) is 2.20. The molecule has 0 atom stereocenters. The molecule has 2 nitrogen and oxygen atoms in total. The molecule has 0 amide bonds. The van der Waals surface area contributed by atoms with E-state index in [1.165, 1.54) is 0 Å². The smallest absolute Gasteiger partial charge is 0.0886 e. The van der Waals surface area contributed by atoms with Crippen LogP contribution >= 0.6 is 19.4 Å². The van der Waals surface area contributed by atoms with Crippen molar-refractivity contribution in [2.75, 3.05) is 0 Å². The van der Waals surface area contributed by atoms with Gasteiger partial charge in [-0.25, -0.2) is 0 Å². The van der Waals surface area contributed by atoms with E-state index in [9.17, 15) is 0 Å². The molecule has 2 aromatic heterocycles.